The number of benzene rings is 2. The SMILES string of the molecule is Cc1ccc2nc(NC(=O)CCCSc3ccc(F)cc3)sc2c1. The molecule has 0 aliphatic carbocycles. The first-order valence-corrected chi connectivity index (χ1v) is 9.46. The second-order valence-electron chi connectivity index (χ2n) is 5.44. The minimum atomic E-state index is -0.232. The summed E-state index contributed by atoms with van der Waals surface area (Å²) in [5.41, 5.74) is 2.09. The van der Waals surface area contributed by atoms with E-state index < -0.39 is 0 Å². The third kappa shape index (κ3) is 4.55. The number of rotatable bonds is 6. The molecule has 0 spiro atoms. The Morgan fingerprint density at radius 1 is 1.25 bits per heavy atom. The molecule has 3 aromatic rings. The monoisotopic (exact) mass is 360 g/mol. The van der Waals surface area contributed by atoms with Crippen LogP contribution in [0.5, 0.6) is 0 Å². The van der Waals surface area contributed by atoms with Crippen LogP contribution in [-0.2, 0) is 4.79 Å². The van der Waals surface area contributed by atoms with Crippen molar-refractivity contribution in [3.05, 3.63) is 53.8 Å². The predicted molar refractivity (Wildman–Crippen MR) is 99.3 cm³/mol. The molecule has 1 amide bonds. The number of thioether (sulfide) groups is 1. The smallest absolute Gasteiger partial charge is 0.226 e. The maximum atomic E-state index is 12.8. The van der Waals surface area contributed by atoms with E-state index in [2.05, 4.69) is 16.4 Å². The van der Waals surface area contributed by atoms with E-state index in [9.17, 15) is 9.18 Å². The molecule has 3 nitrogen and oxygen atoms in total. The van der Waals surface area contributed by atoms with E-state index in [0.29, 0.717) is 11.6 Å². The highest BCUT2D eigenvalue weighted by Gasteiger charge is 2.08. The lowest BCUT2D eigenvalue weighted by Gasteiger charge is -2.02. The molecule has 0 bridgehead atoms. The van der Waals surface area contributed by atoms with Crippen molar-refractivity contribution in [2.75, 3.05) is 11.1 Å². The van der Waals surface area contributed by atoms with Crippen LogP contribution >= 0.6 is 23.1 Å². The fourth-order valence-electron chi connectivity index (χ4n) is 2.22. The van der Waals surface area contributed by atoms with E-state index in [-0.39, 0.29) is 11.7 Å². The minimum absolute atomic E-state index is 0.0227. The third-order valence-electron chi connectivity index (χ3n) is 3.42. The van der Waals surface area contributed by atoms with Crippen molar-refractivity contribution in [1.29, 1.82) is 0 Å². The van der Waals surface area contributed by atoms with Gasteiger partial charge in [-0.1, -0.05) is 17.4 Å². The summed E-state index contributed by atoms with van der Waals surface area (Å²) in [4.78, 5) is 17.4. The molecule has 0 radical (unpaired) electrons. The molecule has 0 atom stereocenters. The van der Waals surface area contributed by atoms with Crippen LogP contribution in [0.25, 0.3) is 10.2 Å². The first-order valence-electron chi connectivity index (χ1n) is 7.65. The van der Waals surface area contributed by atoms with Gasteiger partial charge in [-0.2, -0.15) is 0 Å². The topological polar surface area (TPSA) is 42.0 Å². The zero-order chi connectivity index (χ0) is 16.9. The average Bonchev–Trinajstić information content (AvgIpc) is 2.94. The van der Waals surface area contributed by atoms with E-state index >= 15 is 0 Å². The number of aromatic nitrogens is 1. The number of nitrogens with one attached hydrogen (secondary N) is 1. The lowest BCUT2D eigenvalue weighted by Crippen LogP contribution is -2.11. The summed E-state index contributed by atoms with van der Waals surface area (Å²) in [6, 6.07) is 12.5. The van der Waals surface area contributed by atoms with Gasteiger partial charge in [0.2, 0.25) is 5.91 Å². The van der Waals surface area contributed by atoms with Gasteiger partial charge in [-0.3, -0.25) is 4.79 Å². The Kier molecular flexibility index (Phi) is 5.48. The van der Waals surface area contributed by atoms with Crippen molar-refractivity contribution in [3.8, 4) is 0 Å². The number of aryl methyl sites for hydroxylation is 1. The number of halogens is 1. The molecule has 0 unspecified atom stereocenters. The number of hydrogen-bond acceptors (Lipinski definition) is 4. The number of amides is 1. The van der Waals surface area contributed by atoms with Crippen LogP contribution in [0.2, 0.25) is 0 Å². The Labute approximate surface area is 148 Å². The van der Waals surface area contributed by atoms with E-state index in [1.165, 1.54) is 29.0 Å². The van der Waals surface area contributed by atoms with Crippen LogP contribution in [0.4, 0.5) is 9.52 Å². The molecule has 0 saturated heterocycles. The van der Waals surface area contributed by atoms with Gasteiger partial charge in [-0.25, -0.2) is 9.37 Å². The van der Waals surface area contributed by atoms with Gasteiger partial charge in [0.05, 0.1) is 10.2 Å². The summed E-state index contributed by atoms with van der Waals surface area (Å²) in [6.45, 7) is 2.04. The van der Waals surface area contributed by atoms with Crippen LogP contribution in [0.1, 0.15) is 18.4 Å². The first-order chi connectivity index (χ1) is 11.6. The molecule has 0 aliphatic rings. The quantitative estimate of drug-likeness (QED) is 0.482. The normalized spacial score (nSPS) is 10.9. The van der Waals surface area contributed by atoms with E-state index in [1.54, 1.807) is 23.9 Å². The van der Waals surface area contributed by atoms with Crippen LogP contribution in [0.3, 0.4) is 0 Å². The summed E-state index contributed by atoms with van der Waals surface area (Å²) in [5.74, 6) is 0.563. The summed E-state index contributed by atoms with van der Waals surface area (Å²) < 4.78 is 13.9. The molecule has 0 fully saturated rings. The predicted octanol–water partition coefficient (Wildman–Crippen LogP) is 5.25. The van der Waals surface area contributed by atoms with Crippen LogP contribution in [-0.4, -0.2) is 16.6 Å². The Morgan fingerprint density at radius 2 is 2.04 bits per heavy atom. The minimum Gasteiger partial charge on any atom is -0.302 e. The second-order valence-corrected chi connectivity index (χ2v) is 7.64. The number of carbonyl (C=O) groups excluding carboxylic acids is 1. The number of fused-ring (bicyclic) bond motifs is 1. The number of thiazole rings is 1. The van der Waals surface area contributed by atoms with Crippen molar-refractivity contribution in [2.45, 2.75) is 24.7 Å². The Balaban J connectivity index is 1.45. The third-order valence-corrected chi connectivity index (χ3v) is 5.45. The average molecular weight is 360 g/mol. The van der Waals surface area contributed by atoms with Crippen molar-refractivity contribution < 1.29 is 9.18 Å². The highest BCUT2D eigenvalue weighted by molar-refractivity contribution is 7.99. The molecule has 0 saturated carbocycles. The Bertz CT molecular complexity index is 846. The van der Waals surface area contributed by atoms with Crippen molar-refractivity contribution in [3.63, 3.8) is 0 Å². The lowest BCUT2D eigenvalue weighted by atomic mass is 10.2. The van der Waals surface area contributed by atoms with Gasteiger partial charge in [0, 0.05) is 11.3 Å². The van der Waals surface area contributed by atoms with Crippen LogP contribution in [0.15, 0.2) is 47.4 Å². The van der Waals surface area contributed by atoms with Gasteiger partial charge in [-0.05, 0) is 61.1 Å². The molecule has 0 aliphatic heterocycles. The summed E-state index contributed by atoms with van der Waals surface area (Å²) in [5, 5.41) is 3.51. The fourth-order valence-corrected chi connectivity index (χ4v) is 4.05. The maximum absolute atomic E-state index is 12.8. The molecule has 1 heterocycles. The van der Waals surface area contributed by atoms with E-state index in [4.69, 9.17) is 0 Å². The maximum Gasteiger partial charge on any atom is 0.226 e. The summed E-state index contributed by atoms with van der Waals surface area (Å²) in [7, 11) is 0. The van der Waals surface area contributed by atoms with Crippen LogP contribution < -0.4 is 5.32 Å². The number of anilines is 1. The molecule has 2 aromatic carbocycles. The molecular weight excluding hydrogens is 343 g/mol. The zero-order valence-corrected chi connectivity index (χ0v) is 14.8. The molecule has 1 N–H and O–H groups in total. The molecule has 6 heteroatoms. The molecule has 24 heavy (non-hydrogen) atoms. The zero-order valence-electron chi connectivity index (χ0n) is 13.2. The number of carbonyl (C=O) groups is 1. The van der Waals surface area contributed by atoms with Gasteiger partial charge in [0.25, 0.3) is 0 Å². The van der Waals surface area contributed by atoms with Gasteiger partial charge >= 0.3 is 0 Å². The fraction of sp³-hybridized carbons (Fsp3) is 0.222. The van der Waals surface area contributed by atoms with E-state index in [1.807, 2.05) is 19.1 Å². The molecule has 124 valence electrons. The van der Waals surface area contributed by atoms with Crippen molar-refractivity contribution >= 4 is 44.4 Å². The second kappa shape index (κ2) is 7.77. The van der Waals surface area contributed by atoms with Gasteiger partial charge < -0.3 is 5.32 Å². The largest absolute Gasteiger partial charge is 0.302 e. The standard InChI is InChI=1S/C18H17FN2OS2/c1-12-4-9-15-16(11-12)24-18(20-15)21-17(22)3-2-10-23-14-7-5-13(19)6-8-14/h4-9,11H,2-3,10H2,1H3,(H,20,21,22). The molecule has 1 aromatic heterocycles. The van der Waals surface area contributed by atoms with E-state index in [0.717, 1.165) is 27.3 Å². The molecular formula is C18H17FN2OS2. The Hall–Kier alpha value is -1.92. The van der Waals surface area contributed by atoms with Gasteiger partial charge in [-0.15, -0.1) is 11.8 Å². The van der Waals surface area contributed by atoms with Crippen LogP contribution in [0, 0.1) is 12.7 Å². The summed E-state index contributed by atoms with van der Waals surface area (Å²) in [6.07, 6.45) is 1.21. The lowest BCUT2D eigenvalue weighted by molar-refractivity contribution is -0.116. The molecule has 3 rings (SSSR count). The highest BCUT2D eigenvalue weighted by Crippen LogP contribution is 2.27. The first kappa shape index (κ1) is 16.9. The number of hydrogen-bond donors (Lipinski definition) is 1. The van der Waals surface area contributed by atoms with Crippen molar-refractivity contribution in [2.24, 2.45) is 0 Å². The number of nitrogens with zero attached hydrogens (tertiary/aromatic N) is 1. The van der Waals surface area contributed by atoms with Gasteiger partial charge in [0.15, 0.2) is 5.13 Å². The highest BCUT2D eigenvalue weighted by atomic mass is 32.2. The Morgan fingerprint density at radius 3 is 2.83 bits per heavy atom. The van der Waals surface area contributed by atoms with Crippen molar-refractivity contribution in [1.82, 2.24) is 4.98 Å². The summed E-state index contributed by atoms with van der Waals surface area (Å²) >= 11 is 3.12. The van der Waals surface area contributed by atoms with Gasteiger partial charge in [0.1, 0.15) is 5.82 Å².